The van der Waals surface area contributed by atoms with E-state index < -0.39 is 0 Å². The van der Waals surface area contributed by atoms with Crippen LogP contribution >= 0.6 is 0 Å². The second-order valence-corrected chi connectivity index (χ2v) is 17.8. The lowest BCUT2D eigenvalue weighted by Gasteiger charge is -2.41. The van der Waals surface area contributed by atoms with E-state index in [2.05, 4.69) is 200 Å². The topological polar surface area (TPSA) is 38.3 Å². The van der Waals surface area contributed by atoms with Gasteiger partial charge in [-0.25, -0.2) is 0 Å². The quantitative estimate of drug-likeness (QED) is 0.174. The number of nitrogens with one attached hydrogen (secondary N) is 1. The van der Waals surface area contributed by atoms with Gasteiger partial charge in [0.1, 0.15) is 22.3 Å². The molecule has 64 heavy (non-hydrogen) atoms. The van der Waals surface area contributed by atoms with Crippen LogP contribution in [0.5, 0.6) is 0 Å². The molecule has 2 heterocycles. The van der Waals surface area contributed by atoms with Gasteiger partial charge in [-0.15, -0.1) is 0 Å². The van der Waals surface area contributed by atoms with Crippen molar-refractivity contribution in [2.75, 3.05) is 5.32 Å². The Hall–Kier alpha value is -7.62. The average Bonchev–Trinajstić information content (AvgIpc) is 4.03. The molecule has 0 radical (unpaired) electrons. The molecule has 0 saturated heterocycles. The lowest BCUT2D eigenvalue weighted by Crippen LogP contribution is -2.36. The molecule has 7 aromatic carbocycles. The van der Waals surface area contributed by atoms with Crippen molar-refractivity contribution < 1.29 is 8.83 Å². The molecule has 9 aromatic rings. The van der Waals surface area contributed by atoms with Crippen molar-refractivity contribution >= 4 is 60.7 Å². The molecule has 13 rings (SSSR count). The first-order valence-electron chi connectivity index (χ1n) is 22.8. The van der Waals surface area contributed by atoms with Crippen molar-refractivity contribution in [3.05, 3.63) is 234 Å². The molecule has 2 aromatic heterocycles. The van der Waals surface area contributed by atoms with E-state index in [1.165, 1.54) is 44.5 Å². The van der Waals surface area contributed by atoms with Crippen molar-refractivity contribution in [2.24, 2.45) is 5.92 Å². The first kappa shape index (κ1) is 37.0. The van der Waals surface area contributed by atoms with E-state index in [1.54, 1.807) is 0 Å². The summed E-state index contributed by atoms with van der Waals surface area (Å²) < 4.78 is 13.3. The van der Waals surface area contributed by atoms with Crippen LogP contribution in [0.15, 0.2) is 221 Å². The van der Waals surface area contributed by atoms with Gasteiger partial charge >= 0.3 is 0 Å². The Balaban J connectivity index is 0.938. The Morgan fingerprint density at radius 3 is 1.98 bits per heavy atom. The smallest absolute Gasteiger partial charge is 0.143 e. The van der Waals surface area contributed by atoms with E-state index >= 15 is 0 Å². The molecule has 0 aliphatic heterocycles. The standard InChI is InChI=1S/C61H45NO2/c1-3-17-42(18-4-1)61(43-19-5-2-6-20-43)54-29-11-7-22-48(54)53-38-39(33-34-55(53)61)45-21-8-12-30-56(45)62-44-36-40(46-25-15-27-51-49-23-9-13-31-57(49)63-59(46)51)35-41(37-44)47-26-16-28-52-50-24-10-14-32-58(50)64-60(47)52/h1,3-5,7-17,19-36,38,42,44,62H,2,6,18,37H2. The van der Waals surface area contributed by atoms with Gasteiger partial charge in [-0.2, -0.15) is 0 Å². The minimum Gasteiger partial charge on any atom is -0.455 e. The van der Waals surface area contributed by atoms with Gasteiger partial charge in [0.05, 0.1) is 5.41 Å². The molecule has 3 nitrogen and oxygen atoms in total. The van der Waals surface area contributed by atoms with Gasteiger partial charge < -0.3 is 14.2 Å². The number of rotatable bonds is 7. The van der Waals surface area contributed by atoms with Crippen molar-refractivity contribution in [3.8, 4) is 22.3 Å². The molecule has 3 atom stereocenters. The summed E-state index contributed by atoms with van der Waals surface area (Å²) in [6, 6.07) is 55.0. The van der Waals surface area contributed by atoms with Crippen molar-refractivity contribution in [2.45, 2.75) is 37.1 Å². The summed E-state index contributed by atoms with van der Waals surface area (Å²) in [4.78, 5) is 0. The van der Waals surface area contributed by atoms with Crippen LogP contribution in [-0.4, -0.2) is 6.04 Å². The molecule has 0 fully saturated rings. The third-order valence-corrected chi connectivity index (χ3v) is 14.3. The van der Waals surface area contributed by atoms with Crippen LogP contribution in [0.2, 0.25) is 0 Å². The number of allylic oxidation sites excluding steroid dienone is 10. The third-order valence-electron chi connectivity index (χ3n) is 14.3. The Kier molecular flexibility index (Phi) is 8.52. The zero-order valence-corrected chi connectivity index (χ0v) is 35.4. The highest BCUT2D eigenvalue weighted by Crippen LogP contribution is 2.59. The number of hydrogen-bond acceptors (Lipinski definition) is 3. The molecule has 1 N–H and O–H groups in total. The summed E-state index contributed by atoms with van der Waals surface area (Å²) in [5.74, 6) is 0.319. The largest absolute Gasteiger partial charge is 0.455 e. The molecule has 3 heteroatoms. The number of para-hydroxylation sites is 5. The van der Waals surface area contributed by atoms with Gasteiger partial charge in [-0.1, -0.05) is 182 Å². The van der Waals surface area contributed by atoms with Gasteiger partial charge in [0.25, 0.3) is 0 Å². The van der Waals surface area contributed by atoms with E-state index in [0.717, 1.165) is 91.9 Å². The molecule has 0 amide bonds. The second-order valence-electron chi connectivity index (χ2n) is 17.8. The third kappa shape index (κ3) is 5.67. The highest BCUT2D eigenvalue weighted by Gasteiger charge is 2.49. The maximum absolute atomic E-state index is 6.66. The lowest BCUT2D eigenvalue weighted by molar-refractivity contribution is 0.454. The highest BCUT2D eigenvalue weighted by molar-refractivity contribution is 6.11. The van der Waals surface area contributed by atoms with E-state index in [9.17, 15) is 0 Å². The first-order valence-corrected chi connectivity index (χ1v) is 22.8. The Bertz CT molecular complexity index is 3560. The van der Waals surface area contributed by atoms with E-state index in [4.69, 9.17) is 8.83 Å². The van der Waals surface area contributed by atoms with Gasteiger partial charge in [-0.3, -0.25) is 0 Å². The molecular formula is C61H45NO2. The number of hydrogen-bond donors (Lipinski definition) is 1. The van der Waals surface area contributed by atoms with Gasteiger partial charge in [-0.05, 0) is 100 Å². The second kappa shape index (κ2) is 14.7. The predicted octanol–water partition coefficient (Wildman–Crippen LogP) is 16.2. The summed E-state index contributed by atoms with van der Waals surface area (Å²) in [6.07, 6.45) is 25.2. The predicted molar refractivity (Wildman–Crippen MR) is 266 cm³/mol. The molecule has 0 bridgehead atoms. The summed E-state index contributed by atoms with van der Waals surface area (Å²) >= 11 is 0. The maximum atomic E-state index is 6.66. The van der Waals surface area contributed by atoms with Crippen LogP contribution < -0.4 is 5.32 Å². The van der Waals surface area contributed by atoms with Gasteiger partial charge in [0.15, 0.2) is 0 Å². The fraction of sp³-hybridized carbons (Fsp3) is 0.115. The average molecular weight is 824 g/mol. The van der Waals surface area contributed by atoms with Gasteiger partial charge in [0, 0.05) is 50.0 Å². The normalized spacial score (nSPS) is 20.1. The fourth-order valence-electron chi connectivity index (χ4n) is 11.5. The molecule has 0 saturated carbocycles. The molecule has 4 aliphatic rings. The zero-order valence-electron chi connectivity index (χ0n) is 35.4. The van der Waals surface area contributed by atoms with Crippen molar-refractivity contribution in [3.63, 3.8) is 0 Å². The zero-order chi connectivity index (χ0) is 42.2. The Morgan fingerprint density at radius 1 is 0.547 bits per heavy atom. The highest BCUT2D eigenvalue weighted by atomic mass is 16.3. The van der Waals surface area contributed by atoms with Crippen LogP contribution in [0.3, 0.4) is 0 Å². The van der Waals surface area contributed by atoms with Crippen molar-refractivity contribution in [1.82, 2.24) is 0 Å². The fourth-order valence-corrected chi connectivity index (χ4v) is 11.5. The minimum atomic E-state index is -0.252. The van der Waals surface area contributed by atoms with Crippen molar-refractivity contribution in [1.29, 1.82) is 0 Å². The van der Waals surface area contributed by atoms with Crippen LogP contribution in [0.1, 0.15) is 47.9 Å². The molecule has 306 valence electrons. The van der Waals surface area contributed by atoms with E-state index in [-0.39, 0.29) is 11.5 Å². The maximum Gasteiger partial charge on any atom is 0.143 e. The lowest BCUT2D eigenvalue weighted by atomic mass is 9.61. The summed E-state index contributed by atoms with van der Waals surface area (Å²) in [6.45, 7) is 0. The summed E-state index contributed by atoms with van der Waals surface area (Å²) in [5, 5.41) is 8.61. The Morgan fingerprint density at radius 2 is 1.22 bits per heavy atom. The summed E-state index contributed by atoms with van der Waals surface area (Å²) in [5.41, 5.74) is 18.3. The monoisotopic (exact) mass is 823 g/mol. The Labute approximate surface area is 372 Å². The van der Waals surface area contributed by atoms with Crippen LogP contribution in [0.4, 0.5) is 5.69 Å². The SMILES string of the molecule is C1=CCC(C2(C3=CCCC=C3)c3ccccc3-c3cc(-c4ccccc4NC4C=C(c5cccc6c5oc5ccccc56)C=C(c5cccc6c5oc5ccccc56)C4)ccc32)C=C1. The first-order chi connectivity index (χ1) is 31.7. The number of benzene rings is 7. The number of fused-ring (bicyclic) bond motifs is 9. The van der Waals surface area contributed by atoms with Gasteiger partial charge in [0.2, 0.25) is 0 Å². The number of furan rings is 2. The van der Waals surface area contributed by atoms with Crippen LogP contribution in [0, 0.1) is 5.92 Å². The summed E-state index contributed by atoms with van der Waals surface area (Å²) in [7, 11) is 0. The number of anilines is 1. The van der Waals surface area contributed by atoms with Crippen LogP contribution in [-0.2, 0) is 5.41 Å². The minimum absolute atomic E-state index is 0.0330. The molecule has 3 unspecified atom stereocenters. The molecule has 0 spiro atoms. The van der Waals surface area contributed by atoms with Crippen LogP contribution in [0.25, 0.3) is 77.3 Å². The molecular weight excluding hydrogens is 779 g/mol. The van der Waals surface area contributed by atoms with E-state index in [0.29, 0.717) is 5.92 Å². The molecule has 4 aliphatic carbocycles. The van der Waals surface area contributed by atoms with E-state index in [1.807, 2.05) is 12.1 Å².